The van der Waals surface area contributed by atoms with Crippen LogP contribution in [-0.2, 0) is 12.8 Å². The van der Waals surface area contributed by atoms with E-state index in [1.165, 1.54) is 0 Å². The first-order chi connectivity index (χ1) is 12.3. The quantitative estimate of drug-likeness (QED) is 0.715. The number of nitriles is 2. The van der Waals surface area contributed by atoms with Gasteiger partial charge in [-0.1, -0.05) is 6.07 Å². The first-order valence-electron chi connectivity index (χ1n) is 8.12. The van der Waals surface area contributed by atoms with Crippen molar-refractivity contribution in [1.29, 1.82) is 10.5 Å². The van der Waals surface area contributed by atoms with Crippen molar-refractivity contribution in [3.63, 3.8) is 0 Å². The van der Waals surface area contributed by atoms with Crippen LogP contribution in [0.5, 0.6) is 0 Å². The Morgan fingerprint density at radius 1 is 1.12 bits per heavy atom. The molecular weight excluding hydrogens is 312 g/mol. The average molecular weight is 326 g/mol. The zero-order chi connectivity index (χ0) is 17.2. The molecule has 0 N–H and O–H groups in total. The lowest BCUT2D eigenvalue weighted by Gasteiger charge is -2.20. The molecule has 2 heterocycles. The number of benzene rings is 1. The number of fused-ring (bicyclic) bond motifs is 1. The number of oxazole rings is 1. The molecule has 0 saturated carbocycles. The Hall–Kier alpha value is -3.44. The second-order valence-corrected chi connectivity index (χ2v) is 6.07. The maximum Gasteiger partial charge on any atom is 0.226 e. The van der Waals surface area contributed by atoms with E-state index in [0.29, 0.717) is 23.4 Å². The summed E-state index contributed by atoms with van der Waals surface area (Å²) in [6, 6.07) is 15.2. The standard InChI is InChI=1S/C20H14N4O/c21-11-13-3-1-4-15(9-13)20-24-17-7-6-14(10-18(17)25-20)19-16(12-22)5-2-8-23-19/h1-5,8-9,14H,6-7,10H2. The molecule has 3 aromatic rings. The molecule has 5 heteroatoms. The maximum atomic E-state index is 9.29. The first kappa shape index (κ1) is 15.1. The maximum absolute atomic E-state index is 9.29. The van der Waals surface area contributed by atoms with Crippen LogP contribution >= 0.6 is 0 Å². The fraction of sp³-hybridized carbons (Fsp3) is 0.200. The topological polar surface area (TPSA) is 86.5 Å². The summed E-state index contributed by atoms with van der Waals surface area (Å²) in [4.78, 5) is 9.02. The number of aryl methyl sites for hydroxylation is 1. The molecule has 1 aliphatic carbocycles. The molecule has 2 aromatic heterocycles. The molecule has 0 aliphatic heterocycles. The molecule has 0 radical (unpaired) electrons. The van der Waals surface area contributed by atoms with Crippen LogP contribution in [-0.4, -0.2) is 9.97 Å². The fourth-order valence-electron chi connectivity index (χ4n) is 3.29. The fourth-order valence-corrected chi connectivity index (χ4v) is 3.29. The summed E-state index contributed by atoms with van der Waals surface area (Å²) in [5, 5.41) is 18.3. The minimum atomic E-state index is 0.162. The second kappa shape index (κ2) is 6.22. The Balaban J connectivity index is 1.66. The lowest BCUT2D eigenvalue weighted by atomic mass is 9.86. The molecule has 4 rings (SSSR count). The summed E-state index contributed by atoms with van der Waals surface area (Å²) in [6.07, 6.45) is 4.10. The predicted octanol–water partition coefficient (Wildman–Crippen LogP) is 3.75. The van der Waals surface area contributed by atoms with Crippen LogP contribution in [0.25, 0.3) is 11.5 Å². The summed E-state index contributed by atoms with van der Waals surface area (Å²) < 4.78 is 5.99. The van der Waals surface area contributed by atoms with Crippen LogP contribution in [0.2, 0.25) is 0 Å². The third-order valence-corrected chi connectivity index (χ3v) is 4.52. The summed E-state index contributed by atoms with van der Waals surface area (Å²) in [5.41, 5.74) is 3.81. The Labute approximate surface area is 145 Å². The minimum Gasteiger partial charge on any atom is -0.441 e. The van der Waals surface area contributed by atoms with Crippen LogP contribution in [0, 0.1) is 22.7 Å². The predicted molar refractivity (Wildman–Crippen MR) is 90.4 cm³/mol. The Morgan fingerprint density at radius 2 is 2.04 bits per heavy atom. The highest BCUT2D eigenvalue weighted by molar-refractivity contribution is 5.57. The van der Waals surface area contributed by atoms with Crippen molar-refractivity contribution in [3.8, 4) is 23.6 Å². The van der Waals surface area contributed by atoms with Gasteiger partial charge in [0.15, 0.2) is 0 Å². The summed E-state index contributed by atoms with van der Waals surface area (Å²) in [5.74, 6) is 1.56. The van der Waals surface area contributed by atoms with Gasteiger partial charge < -0.3 is 4.42 Å². The van der Waals surface area contributed by atoms with E-state index in [1.807, 2.05) is 12.1 Å². The molecule has 0 bridgehead atoms. The number of hydrogen-bond acceptors (Lipinski definition) is 5. The van der Waals surface area contributed by atoms with E-state index < -0.39 is 0 Å². The highest BCUT2D eigenvalue weighted by Crippen LogP contribution is 2.35. The molecule has 25 heavy (non-hydrogen) atoms. The lowest BCUT2D eigenvalue weighted by molar-refractivity contribution is 0.453. The normalized spacial score (nSPS) is 15.8. The van der Waals surface area contributed by atoms with Crippen molar-refractivity contribution in [2.24, 2.45) is 0 Å². The first-order valence-corrected chi connectivity index (χ1v) is 8.12. The van der Waals surface area contributed by atoms with Gasteiger partial charge in [-0.25, -0.2) is 4.98 Å². The van der Waals surface area contributed by atoms with Crippen LogP contribution in [0.15, 0.2) is 47.0 Å². The highest BCUT2D eigenvalue weighted by atomic mass is 16.4. The lowest BCUT2D eigenvalue weighted by Crippen LogP contribution is -2.14. The SMILES string of the molecule is N#Cc1cccc(-c2nc3c(o2)CC(c2ncccc2C#N)CC3)c1. The third kappa shape index (κ3) is 2.77. The van der Waals surface area contributed by atoms with E-state index in [-0.39, 0.29) is 5.92 Å². The molecular formula is C20H14N4O. The van der Waals surface area contributed by atoms with Crippen molar-refractivity contribution in [2.45, 2.75) is 25.2 Å². The summed E-state index contributed by atoms with van der Waals surface area (Å²) in [6.45, 7) is 0. The van der Waals surface area contributed by atoms with E-state index in [1.54, 1.807) is 30.5 Å². The molecule has 0 saturated heterocycles. The summed E-state index contributed by atoms with van der Waals surface area (Å²) >= 11 is 0. The molecule has 1 aliphatic rings. The number of rotatable bonds is 2. The van der Waals surface area contributed by atoms with Crippen LogP contribution < -0.4 is 0 Å². The van der Waals surface area contributed by atoms with Gasteiger partial charge in [0.2, 0.25) is 5.89 Å². The molecule has 120 valence electrons. The minimum absolute atomic E-state index is 0.162. The van der Waals surface area contributed by atoms with Gasteiger partial charge in [-0.05, 0) is 43.2 Å². The molecule has 0 amide bonds. The van der Waals surface area contributed by atoms with Crippen molar-refractivity contribution in [2.75, 3.05) is 0 Å². The van der Waals surface area contributed by atoms with E-state index in [0.717, 1.165) is 35.6 Å². The molecule has 1 atom stereocenters. The Morgan fingerprint density at radius 3 is 2.88 bits per heavy atom. The second-order valence-electron chi connectivity index (χ2n) is 6.07. The van der Waals surface area contributed by atoms with Crippen molar-refractivity contribution < 1.29 is 4.42 Å². The van der Waals surface area contributed by atoms with Gasteiger partial charge in [-0.3, -0.25) is 4.98 Å². The number of pyridine rings is 1. The molecule has 5 nitrogen and oxygen atoms in total. The zero-order valence-electron chi connectivity index (χ0n) is 13.4. The third-order valence-electron chi connectivity index (χ3n) is 4.52. The van der Waals surface area contributed by atoms with Crippen LogP contribution in [0.1, 0.15) is 40.6 Å². The number of aromatic nitrogens is 2. The Kier molecular flexibility index (Phi) is 3.76. The van der Waals surface area contributed by atoms with Gasteiger partial charge >= 0.3 is 0 Å². The van der Waals surface area contributed by atoms with Gasteiger partial charge in [-0.2, -0.15) is 10.5 Å². The van der Waals surface area contributed by atoms with E-state index in [4.69, 9.17) is 9.68 Å². The van der Waals surface area contributed by atoms with Crippen molar-refractivity contribution in [3.05, 3.63) is 70.9 Å². The zero-order valence-corrected chi connectivity index (χ0v) is 13.4. The van der Waals surface area contributed by atoms with Gasteiger partial charge in [0.05, 0.1) is 28.6 Å². The average Bonchev–Trinajstić information content (AvgIpc) is 3.11. The van der Waals surface area contributed by atoms with E-state index >= 15 is 0 Å². The molecule has 0 spiro atoms. The van der Waals surface area contributed by atoms with Crippen LogP contribution in [0.3, 0.4) is 0 Å². The molecule has 0 fully saturated rings. The van der Waals surface area contributed by atoms with E-state index in [9.17, 15) is 5.26 Å². The van der Waals surface area contributed by atoms with Gasteiger partial charge in [0.25, 0.3) is 0 Å². The van der Waals surface area contributed by atoms with E-state index in [2.05, 4.69) is 22.1 Å². The van der Waals surface area contributed by atoms with Crippen molar-refractivity contribution >= 4 is 0 Å². The van der Waals surface area contributed by atoms with Gasteiger partial charge in [-0.15, -0.1) is 0 Å². The number of hydrogen-bond donors (Lipinski definition) is 0. The van der Waals surface area contributed by atoms with Crippen LogP contribution in [0.4, 0.5) is 0 Å². The van der Waals surface area contributed by atoms with Crippen molar-refractivity contribution in [1.82, 2.24) is 9.97 Å². The Bertz CT molecular complexity index is 1020. The number of nitrogens with zero attached hydrogens (tertiary/aromatic N) is 4. The highest BCUT2D eigenvalue weighted by Gasteiger charge is 2.27. The summed E-state index contributed by atoms with van der Waals surface area (Å²) in [7, 11) is 0. The van der Waals surface area contributed by atoms with Gasteiger partial charge in [0, 0.05) is 24.1 Å². The largest absolute Gasteiger partial charge is 0.441 e. The monoisotopic (exact) mass is 326 g/mol. The van der Waals surface area contributed by atoms with Gasteiger partial charge in [0.1, 0.15) is 11.8 Å². The molecule has 1 unspecified atom stereocenters. The smallest absolute Gasteiger partial charge is 0.226 e. The molecule has 1 aromatic carbocycles.